The molecule has 1 fully saturated rings. The Hall–Kier alpha value is -1.51. The van der Waals surface area contributed by atoms with Crippen molar-refractivity contribution < 1.29 is 14.6 Å². The fourth-order valence-electron chi connectivity index (χ4n) is 2.86. The molecule has 1 aromatic heterocycles. The third-order valence-corrected chi connectivity index (χ3v) is 3.78. The van der Waals surface area contributed by atoms with Crippen molar-refractivity contribution in [3.8, 4) is 0 Å². The monoisotopic (exact) mass is 325 g/mol. The van der Waals surface area contributed by atoms with Gasteiger partial charge in [0.05, 0.1) is 37.8 Å². The highest BCUT2D eigenvalue weighted by Crippen LogP contribution is 2.25. The second-order valence-electron chi connectivity index (χ2n) is 6.57. The molecule has 130 valence electrons. The molecule has 1 unspecified atom stereocenters. The molecular formula is C15H27N5O3. The van der Waals surface area contributed by atoms with Crippen LogP contribution in [0.3, 0.4) is 0 Å². The smallest absolute Gasteiger partial charge is 0.225 e. The highest BCUT2D eigenvalue weighted by Gasteiger charge is 2.28. The average Bonchev–Trinajstić information content (AvgIpc) is 2.80. The van der Waals surface area contributed by atoms with E-state index in [4.69, 9.17) is 10.5 Å². The van der Waals surface area contributed by atoms with Gasteiger partial charge in [-0.2, -0.15) is 5.10 Å². The number of morpholine rings is 1. The van der Waals surface area contributed by atoms with Crippen molar-refractivity contribution in [1.29, 1.82) is 0 Å². The zero-order valence-corrected chi connectivity index (χ0v) is 14.2. The first-order chi connectivity index (χ1) is 10.8. The van der Waals surface area contributed by atoms with Gasteiger partial charge in [-0.3, -0.25) is 9.69 Å². The first-order valence-corrected chi connectivity index (χ1v) is 8.06. The topological polar surface area (TPSA) is 107 Å². The number of rotatable bonds is 7. The van der Waals surface area contributed by atoms with Crippen LogP contribution in [-0.4, -0.2) is 62.6 Å². The number of primary amides is 1. The number of hydrogen-bond acceptors (Lipinski definition) is 6. The molecule has 0 bridgehead atoms. The zero-order chi connectivity index (χ0) is 17.0. The molecule has 23 heavy (non-hydrogen) atoms. The van der Waals surface area contributed by atoms with Crippen LogP contribution >= 0.6 is 0 Å². The molecule has 1 aliphatic heterocycles. The predicted octanol–water partition coefficient (Wildman–Crippen LogP) is -0.140. The van der Waals surface area contributed by atoms with Gasteiger partial charge in [-0.1, -0.05) is 6.92 Å². The minimum atomic E-state index is -0.921. The molecule has 1 amide bonds. The summed E-state index contributed by atoms with van der Waals surface area (Å²) >= 11 is 0. The second-order valence-corrected chi connectivity index (χ2v) is 6.57. The number of aromatic nitrogens is 3. The molecule has 1 atom stereocenters. The van der Waals surface area contributed by atoms with Crippen molar-refractivity contribution in [2.75, 3.05) is 26.3 Å². The minimum absolute atomic E-state index is 0.00536. The molecule has 0 spiro atoms. The van der Waals surface area contributed by atoms with Crippen LogP contribution in [-0.2, 0) is 22.5 Å². The van der Waals surface area contributed by atoms with Gasteiger partial charge in [-0.05, 0) is 20.3 Å². The minimum Gasteiger partial charge on any atom is -0.389 e. The largest absolute Gasteiger partial charge is 0.389 e. The number of ether oxygens (including phenoxy) is 1. The summed E-state index contributed by atoms with van der Waals surface area (Å²) in [5.74, 6) is 0.715. The lowest BCUT2D eigenvalue weighted by molar-refractivity contribution is -0.117. The van der Waals surface area contributed by atoms with Crippen molar-refractivity contribution in [3.63, 3.8) is 0 Å². The van der Waals surface area contributed by atoms with E-state index in [0.717, 1.165) is 25.3 Å². The summed E-state index contributed by atoms with van der Waals surface area (Å²) in [6.07, 6.45) is 0.867. The van der Waals surface area contributed by atoms with Crippen LogP contribution in [0.1, 0.15) is 44.9 Å². The van der Waals surface area contributed by atoms with Gasteiger partial charge in [0.1, 0.15) is 5.82 Å². The van der Waals surface area contributed by atoms with Gasteiger partial charge in [-0.25, -0.2) is 9.67 Å². The predicted molar refractivity (Wildman–Crippen MR) is 84.6 cm³/mol. The molecule has 0 saturated carbocycles. The number of hydrogen-bond donors (Lipinski definition) is 2. The maximum absolute atomic E-state index is 11.2. The summed E-state index contributed by atoms with van der Waals surface area (Å²) in [6, 6.07) is 0.0791. The van der Waals surface area contributed by atoms with Crippen LogP contribution in [0.5, 0.6) is 0 Å². The van der Waals surface area contributed by atoms with Crippen molar-refractivity contribution in [1.82, 2.24) is 19.7 Å². The standard InChI is InChI=1S/C15H27N5O3/c1-4-11(19-5-7-23-8-6-19)14-17-13(9-12(16)21)18-20(14)10-15(2,3)22/h11,22H,4-10H2,1-3H3,(H2,16,21). The molecule has 0 radical (unpaired) electrons. The number of nitrogens with two attached hydrogens (primary N) is 1. The van der Waals surface area contributed by atoms with E-state index >= 15 is 0 Å². The first kappa shape index (κ1) is 17.8. The van der Waals surface area contributed by atoms with Gasteiger partial charge >= 0.3 is 0 Å². The normalized spacial score (nSPS) is 18.1. The summed E-state index contributed by atoms with van der Waals surface area (Å²) in [5, 5.41) is 14.5. The van der Waals surface area contributed by atoms with E-state index in [9.17, 15) is 9.90 Å². The lowest BCUT2D eigenvalue weighted by atomic mass is 10.1. The Morgan fingerprint density at radius 3 is 2.61 bits per heavy atom. The molecule has 1 aromatic rings. The van der Waals surface area contributed by atoms with E-state index in [1.807, 2.05) is 0 Å². The fourth-order valence-corrected chi connectivity index (χ4v) is 2.86. The molecule has 3 N–H and O–H groups in total. The molecule has 1 aliphatic rings. The van der Waals surface area contributed by atoms with Gasteiger partial charge < -0.3 is 15.6 Å². The zero-order valence-electron chi connectivity index (χ0n) is 14.2. The number of carbonyl (C=O) groups is 1. The Balaban J connectivity index is 2.31. The van der Waals surface area contributed by atoms with Crippen molar-refractivity contribution in [2.24, 2.45) is 5.73 Å². The van der Waals surface area contributed by atoms with E-state index in [1.54, 1.807) is 18.5 Å². The van der Waals surface area contributed by atoms with Gasteiger partial charge in [0.15, 0.2) is 5.82 Å². The van der Waals surface area contributed by atoms with E-state index < -0.39 is 11.5 Å². The van der Waals surface area contributed by atoms with Crippen LogP contribution in [0.15, 0.2) is 0 Å². The first-order valence-electron chi connectivity index (χ1n) is 8.06. The molecular weight excluding hydrogens is 298 g/mol. The quantitative estimate of drug-likeness (QED) is 0.723. The molecule has 0 aliphatic carbocycles. The fraction of sp³-hybridized carbons (Fsp3) is 0.800. The maximum Gasteiger partial charge on any atom is 0.225 e. The van der Waals surface area contributed by atoms with Crippen molar-refractivity contribution in [2.45, 2.75) is 51.8 Å². The Labute approximate surface area is 136 Å². The SMILES string of the molecule is CCC(c1nc(CC(N)=O)nn1CC(C)(C)O)N1CCOCC1. The summed E-state index contributed by atoms with van der Waals surface area (Å²) in [6.45, 7) is 8.92. The van der Waals surface area contributed by atoms with Gasteiger partial charge in [0, 0.05) is 13.1 Å². The van der Waals surface area contributed by atoms with E-state index in [2.05, 4.69) is 21.9 Å². The summed E-state index contributed by atoms with van der Waals surface area (Å²) in [4.78, 5) is 18.0. The van der Waals surface area contributed by atoms with Crippen molar-refractivity contribution in [3.05, 3.63) is 11.6 Å². The molecule has 2 rings (SSSR count). The Kier molecular flexibility index (Phi) is 5.72. The van der Waals surface area contributed by atoms with E-state index in [1.165, 1.54) is 0 Å². The highest BCUT2D eigenvalue weighted by molar-refractivity contribution is 5.75. The average molecular weight is 325 g/mol. The highest BCUT2D eigenvalue weighted by atomic mass is 16.5. The van der Waals surface area contributed by atoms with Crippen LogP contribution in [0.2, 0.25) is 0 Å². The second kappa shape index (κ2) is 7.37. The summed E-state index contributed by atoms with van der Waals surface area (Å²) in [5.41, 5.74) is 4.34. The number of carbonyl (C=O) groups excluding carboxylic acids is 1. The number of aliphatic hydroxyl groups is 1. The maximum atomic E-state index is 11.2. The Bertz CT molecular complexity index is 532. The summed E-state index contributed by atoms with van der Waals surface area (Å²) in [7, 11) is 0. The number of amides is 1. The van der Waals surface area contributed by atoms with Gasteiger partial charge in [0.25, 0.3) is 0 Å². The molecule has 8 heteroatoms. The summed E-state index contributed by atoms with van der Waals surface area (Å²) < 4.78 is 7.12. The van der Waals surface area contributed by atoms with Crippen molar-refractivity contribution >= 4 is 5.91 Å². The Morgan fingerprint density at radius 2 is 2.09 bits per heavy atom. The lowest BCUT2D eigenvalue weighted by Gasteiger charge is -2.33. The van der Waals surface area contributed by atoms with E-state index in [-0.39, 0.29) is 12.5 Å². The molecule has 2 heterocycles. The molecule has 1 saturated heterocycles. The molecule has 0 aromatic carbocycles. The van der Waals surface area contributed by atoms with Crippen LogP contribution in [0.4, 0.5) is 0 Å². The third-order valence-electron chi connectivity index (χ3n) is 3.78. The third kappa shape index (κ3) is 4.98. The van der Waals surface area contributed by atoms with Gasteiger partial charge in [0.2, 0.25) is 5.91 Å². The van der Waals surface area contributed by atoms with Gasteiger partial charge in [-0.15, -0.1) is 0 Å². The lowest BCUT2D eigenvalue weighted by Crippen LogP contribution is -2.40. The Morgan fingerprint density at radius 1 is 1.43 bits per heavy atom. The van der Waals surface area contributed by atoms with Crippen LogP contribution < -0.4 is 5.73 Å². The molecule has 8 nitrogen and oxygen atoms in total. The number of nitrogens with zero attached hydrogens (tertiary/aromatic N) is 4. The van der Waals surface area contributed by atoms with E-state index in [0.29, 0.717) is 25.6 Å². The van der Waals surface area contributed by atoms with Crippen LogP contribution in [0, 0.1) is 0 Å². The van der Waals surface area contributed by atoms with Crippen LogP contribution in [0.25, 0.3) is 0 Å².